The van der Waals surface area contributed by atoms with Crippen LogP contribution in [0.1, 0.15) is 25.0 Å². The molecule has 0 unspecified atom stereocenters. The molecule has 21 heavy (non-hydrogen) atoms. The van der Waals surface area contributed by atoms with E-state index in [0.29, 0.717) is 12.2 Å². The van der Waals surface area contributed by atoms with Crippen LogP contribution in [0.5, 0.6) is 0 Å². The highest BCUT2D eigenvalue weighted by Crippen LogP contribution is 2.06. The van der Waals surface area contributed by atoms with Gasteiger partial charge in [0.05, 0.1) is 6.61 Å². The Hall–Kier alpha value is -2.57. The van der Waals surface area contributed by atoms with Gasteiger partial charge in [-0.05, 0) is 11.5 Å². The summed E-state index contributed by atoms with van der Waals surface area (Å²) in [5.41, 5.74) is 6.11. The van der Waals surface area contributed by atoms with Gasteiger partial charge in [-0.15, -0.1) is 0 Å². The minimum atomic E-state index is -0.846. The lowest BCUT2D eigenvalue weighted by molar-refractivity contribution is 0.138. The number of benzene rings is 1. The Morgan fingerprint density at radius 2 is 1.86 bits per heavy atom. The van der Waals surface area contributed by atoms with E-state index in [0.717, 1.165) is 5.56 Å². The first-order valence-electron chi connectivity index (χ1n) is 6.42. The molecule has 0 fully saturated rings. The van der Waals surface area contributed by atoms with Crippen molar-refractivity contribution in [3.8, 4) is 0 Å². The van der Waals surface area contributed by atoms with Crippen molar-refractivity contribution in [3.05, 3.63) is 35.4 Å². The van der Waals surface area contributed by atoms with Crippen LogP contribution in [-0.2, 0) is 16.1 Å². The van der Waals surface area contributed by atoms with E-state index < -0.39 is 12.2 Å². The average molecular weight is 293 g/mol. The van der Waals surface area contributed by atoms with E-state index in [1.54, 1.807) is 24.3 Å². The Bertz CT molecular complexity index is 511. The van der Waals surface area contributed by atoms with E-state index in [9.17, 15) is 9.59 Å². The smallest absolute Gasteiger partial charge is 0.412 e. The summed E-state index contributed by atoms with van der Waals surface area (Å²) in [7, 11) is 0. The van der Waals surface area contributed by atoms with Crippen LogP contribution in [0, 0.1) is 11.3 Å². The predicted molar refractivity (Wildman–Crippen MR) is 77.0 cm³/mol. The van der Waals surface area contributed by atoms with Gasteiger partial charge in [0.25, 0.3) is 0 Å². The Kier molecular flexibility index (Phi) is 6.19. The zero-order valence-electron chi connectivity index (χ0n) is 12.0. The number of hydrogen-bond donors (Lipinski definition) is 3. The van der Waals surface area contributed by atoms with Crippen molar-refractivity contribution >= 4 is 18.0 Å². The van der Waals surface area contributed by atoms with Crippen molar-refractivity contribution in [3.63, 3.8) is 0 Å². The van der Waals surface area contributed by atoms with E-state index in [1.807, 2.05) is 13.8 Å². The molecule has 0 heterocycles. The minimum Gasteiger partial charge on any atom is -0.449 e. The molecule has 0 aromatic heterocycles. The number of ether oxygens (including phenoxy) is 2. The van der Waals surface area contributed by atoms with E-state index in [2.05, 4.69) is 10.1 Å². The van der Waals surface area contributed by atoms with Crippen molar-refractivity contribution in [2.75, 3.05) is 6.61 Å². The first-order chi connectivity index (χ1) is 9.88. The molecule has 0 saturated heterocycles. The van der Waals surface area contributed by atoms with Crippen LogP contribution in [0.15, 0.2) is 24.3 Å². The second-order valence-corrected chi connectivity index (χ2v) is 4.80. The molecule has 1 aromatic carbocycles. The third-order valence-electron chi connectivity index (χ3n) is 2.40. The van der Waals surface area contributed by atoms with Crippen molar-refractivity contribution < 1.29 is 19.1 Å². The molecule has 0 spiro atoms. The quantitative estimate of drug-likeness (QED) is 0.568. The highest BCUT2D eigenvalue weighted by Gasteiger charge is 2.08. The van der Waals surface area contributed by atoms with Gasteiger partial charge in [0.1, 0.15) is 12.4 Å². The molecule has 4 N–H and O–H groups in total. The van der Waals surface area contributed by atoms with Crippen molar-refractivity contribution in [1.82, 2.24) is 5.32 Å². The summed E-state index contributed by atoms with van der Waals surface area (Å²) < 4.78 is 9.56. The van der Waals surface area contributed by atoms with Gasteiger partial charge in [0.15, 0.2) is 0 Å². The van der Waals surface area contributed by atoms with Gasteiger partial charge in [-0.25, -0.2) is 9.59 Å². The molecule has 0 radical (unpaired) electrons. The van der Waals surface area contributed by atoms with Gasteiger partial charge in [-0.3, -0.25) is 10.7 Å². The zero-order valence-corrected chi connectivity index (χ0v) is 12.0. The van der Waals surface area contributed by atoms with Crippen LogP contribution in [-0.4, -0.2) is 24.6 Å². The highest BCUT2D eigenvalue weighted by atomic mass is 16.5. The van der Waals surface area contributed by atoms with Crippen LogP contribution in [0.25, 0.3) is 0 Å². The lowest BCUT2D eigenvalue weighted by Gasteiger charge is -2.10. The number of amidine groups is 1. The Morgan fingerprint density at radius 3 is 2.38 bits per heavy atom. The summed E-state index contributed by atoms with van der Waals surface area (Å²) in [6, 6.07) is 6.61. The lowest BCUT2D eigenvalue weighted by Crippen LogP contribution is -2.31. The Labute approximate surface area is 122 Å². The molecule has 0 aliphatic rings. The van der Waals surface area contributed by atoms with Crippen molar-refractivity contribution in [2.45, 2.75) is 20.5 Å². The van der Waals surface area contributed by atoms with Gasteiger partial charge < -0.3 is 15.2 Å². The monoisotopic (exact) mass is 293 g/mol. The fourth-order valence-corrected chi connectivity index (χ4v) is 1.37. The first kappa shape index (κ1) is 16.5. The number of amides is 2. The topological polar surface area (TPSA) is 114 Å². The molecule has 0 aliphatic heterocycles. The Morgan fingerprint density at radius 1 is 1.24 bits per heavy atom. The summed E-state index contributed by atoms with van der Waals surface area (Å²) in [6.45, 7) is 4.20. The van der Waals surface area contributed by atoms with Gasteiger partial charge in [0.2, 0.25) is 0 Å². The second kappa shape index (κ2) is 7.88. The molecule has 0 bridgehead atoms. The fourth-order valence-electron chi connectivity index (χ4n) is 1.37. The molecule has 1 rings (SSSR count). The van der Waals surface area contributed by atoms with Gasteiger partial charge in [0, 0.05) is 5.56 Å². The van der Waals surface area contributed by atoms with Crippen LogP contribution in [0.2, 0.25) is 0 Å². The van der Waals surface area contributed by atoms with E-state index >= 15 is 0 Å². The molecule has 0 aliphatic carbocycles. The fraction of sp³-hybridized carbons (Fsp3) is 0.357. The number of carbonyl (C=O) groups excluding carboxylic acids is 2. The number of alkyl carbamates (subject to hydrolysis) is 1. The van der Waals surface area contributed by atoms with Crippen LogP contribution in [0.3, 0.4) is 0 Å². The molecule has 114 valence electrons. The van der Waals surface area contributed by atoms with Gasteiger partial charge in [-0.1, -0.05) is 38.1 Å². The molecule has 1 aromatic rings. The normalized spacial score (nSPS) is 10.0. The van der Waals surface area contributed by atoms with E-state index in [4.69, 9.17) is 15.9 Å². The average Bonchev–Trinajstić information content (AvgIpc) is 2.43. The number of nitrogens with two attached hydrogens (primary N) is 1. The predicted octanol–water partition coefficient (Wildman–Crippen LogP) is 1.99. The highest BCUT2D eigenvalue weighted by molar-refractivity contribution is 6.04. The van der Waals surface area contributed by atoms with Gasteiger partial charge in [-0.2, -0.15) is 0 Å². The minimum absolute atomic E-state index is 0.0623. The van der Waals surface area contributed by atoms with Crippen LogP contribution in [0.4, 0.5) is 9.59 Å². The maximum atomic E-state index is 11.4. The van der Waals surface area contributed by atoms with Crippen LogP contribution >= 0.6 is 0 Å². The largest absolute Gasteiger partial charge is 0.449 e. The van der Waals surface area contributed by atoms with E-state index in [1.165, 1.54) is 0 Å². The van der Waals surface area contributed by atoms with Crippen molar-refractivity contribution in [1.29, 1.82) is 5.41 Å². The molecule has 0 saturated carbocycles. The summed E-state index contributed by atoms with van der Waals surface area (Å²) in [6.07, 6.45) is -1.50. The summed E-state index contributed by atoms with van der Waals surface area (Å²) >= 11 is 0. The SMILES string of the molecule is CC(C)COC(=O)NC(=N)c1ccc(COC(N)=O)cc1. The zero-order chi connectivity index (χ0) is 15.8. The van der Waals surface area contributed by atoms with Crippen LogP contribution < -0.4 is 11.1 Å². The standard InChI is InChI=1S/C14H19N3O4/c1-9(2)7-21-14(19)17-12(15)11-5-3-10(4-6-11)8-20-13(16)18/h3-6,9H,7-8H2,1-2H3,(H2,16,18)(H2,15,17,19). The third kappa shape index (κ3) is 6.42. The summed E-state index contributed by atoms with van der Waals surface area (Å²) in [5.74, 6) is 0.167. The van der Waals surface area contributed by atoms with E-state index in [-0.39, 0.29) is 18.4 Å². The lowest BCUT2D eigenvalue weighted by atomic mass is 10.1. The maximum absolute atomic E-state index is 11.4. The number of hydrogen-bond acceptors (Lipinski definition) is 5. The molecule has 7 heteroatoms. The number of primary amides is 1. The number of nitrogens with one attached hydrogen (secondary N) is 2. The van der Waals surface area contributed by atoms with Crippen molar-refractivity contribution in [2.24, 2.45) is 11.7 Å². The number of carbonyl (C=O) groups is 2. The summed E-state index contributed by atoms with van der Waals surface area (Å²) in [4.78, 5) is 21.9. The molecule has 0 atom stereocenters. The first-order valence-corrected chi connectivity index (χ1v) is 6.42. The molecule has 2 amide bonds. The molecular weight excluding hydrogens is 274 g/mol. The molecular formula is C14H19N3O4. The maximum Gasteiger partial charge on any atom is 0.412 e. The second-order valence-electron chi connectivity index (χ2n) is 4.80. The summed E-state index contributed by atoms with van der Waals surface area (Å²) in [5, 5.41) is 10.1. The van der Waals surface area contributed by atoms with Gasteiger partial charge >= 0.3 is 12.2 Å². The Balaban J connectivity index is 2.51. The molecule has 7 nitrogen and oxygen atoms in total. The third-order valence-corrected chi connectivity index (χ3v) is 2.40. The number of rotatable bonds is 5.